The molecule has 1 atom stereocenters. The van der Waals surface area contributed by atoms with Crippen molar-refractivity contribution < 1.29 is 9.53 Å². The minimum atomic E-state index is -0.0396. The van der Waals surface area contributed by atoms with Gasteiger partial charge in [-0.25, -0.2) is 0 Å². The number of benzene rings is 1. The Morgan fingerprint density at radius 1 is 1.42 bits per heavy atom. The topological polar surface area (TPSA) is 50.4 Å². The number of ether oxygens (including phenoxy) is 1. The van der Waals surface area contributed by atoms with Gasteiger partial charge in [0.2, 0.25) is 5.91 Å². The van der Waals surface area contributed by atoms with Gasteiger partial charge in [0.05, 0.1) is 12.6 Å². The van der Waals surface area contributed by atoms with Crippen molar-refractivity contribution in [2.75, 3.05) is 18.2 Å². The van der Waals surface area contributed by atoms with E-state index >= 15 is 0 Å². The van der Waals surface area contributed by atoms with Gasteiger partial charge in [-0.15, -0.1) is 11.8 Å². The zero-order valence-electron chi connectivity index (χ0n) is 11.1. The number of amides is 1. The molecule has 19 heavy (non-hydrogen) atoms. The largest absolute Gasteiger partial charge is 0.377 e. The van der Waals surface area contributed by atoms with E-state index in [-0.39, 0.29) is 11.9 Å². The van der Waals surface area contributed by atoms with Crippen LogP contribution in [-0.4, -0.2) is 30.2 Å². The standard InChI is InChI=1S/C14H20N2O2S/c1-2-18-8-12-5-3-11(4-6-12)7-15-14(17)13-9-19-10-16-13/h3-6,13,16H,2,7-10H2,1H3,(H,15,17). The predicted octanol–water partition coefficient (Wildman–Crippen LogP) is 1.50. The van der Waals surface area contributed by atoms with Crippen LogP contribution in [0, 0.1) is 0 Å². The van der Waals surface area contributed by atoms with Gasteiger partial charge >= 0.3 is 0 Å². The normalized spacial score (nSPS) is 18.5. The molecule has 1 aliphatic rings. The maximum atomic E-state index is 11.8. The number of rotatable bonds is 6. The van der Waals surface area contributed by atoms with Crippen LogP contribution in [0.15, 0.2) is 24.3 Å². The summed E-state index contributed by atoms with van der Waals surface area (Å²) in [6.45, 7) is 3.94. The molecule has 5 heteroatoms. The van der Waals surface area contributed by atoms with Crippen LogP contribution in [0.1, 0.15) is 18.1 Å². The van der Waals surface area contributed by atoms with Gasteiger partial charge in [0.15, 0.2) is 0 Å². The second kappa shape index (κ2) is 7.53. The molecule has 0 radical (unpaired) electrons. The van der Waals surface area contributed by atoms with Crippen molar-refractivity contribution in [2.24, 2.45) is 0 Å². The predicted molar refractivity (Wildman–Crippen MR) is 77.9 cm³/mol. The first-order chi connectivity index (χ1) is 9.29. The summed E-state index contributed by atoms with van der Waals surface area (Å²) in [4.78, 5) is 11.8. The van der Waals surface area contributed by atoms with Gasteiger partial charge in [-0.2, -0.15) is 0 Å². The first-order valence-corrected chi connectivity index (χ1v) is 7.69. The van der Waals surface area contributed by atoms with Gasteiger partial charge in [-0.1, -0.05) is 24.3 Å². The van der Waals surface area contributed by atoms with Crippen molar-refractivity contribution in [3.63, 3.8) is 0 Å². The third-order valence-corrected chi connectivity index (χ3v) is 3.94. The van der Waals surface area contributed by atoms with E-state index in [4.69, 9.17) is 4.74 Å². The average molecular weight is 280 g/mol. The first-order valence-electron chi connectivity index (χ1n) is 6.54. The molecule has 0 aliphatic carbocycles. The Hall–Kier alpha value is -1.04. The fourth-order valence-electron chi connectivity index (χ4n) is 1.85. The molecule has 0 spiro atoms. The van der Waals surface area contributed by atoms with Crippen molar-refractivity contribution in [1.82, 2.24) is 10.6 Å². The highest BCUT2D eigenvalue weighted by molar-refractivity contribution is 7.99. The zero-order chi connectivity index (χ0) is 13.5. The fraction of sp³-hybridized carbons (Fsp3) is 0.500. The third kappa shape index (κ3) is 4.53. The van der Waals surface area contributed by atoms with Crippen molar-refractivity contribution in [3.8, 4) is 0 Å². The van der Waals surface area contributed by atoms with E-state index in [0.29, 0.717) is 13.2 Å². The molecule has 104 valence electrons. The molecule has 2 N–H and O–H groups in total. The third-order valence-electron chi connectivity index (χ3n) is 3.00. The van der Waals surface area contributed by atoms with E-state index in [2.05, 4.69) is 10.6 Å². The quantitative estimate of drug-likeness (QED) is 0.829. The Labute approximate surface area is 118 Å². The molecule has 1 saturated heterocycles. The van der Waals surface area contributed by atoms with Crippen LogP contribution >= 0.6 is 11.8 Å². The van der Waals surface area contributed by atoms with Crippen molar-refractivity contribution >= 4 is 17.7 Å². The summed E-state index contributed by atoms with van der Waals surface area (Å²) in [7, 11) is 0. The molecule has 0 aromatic heterocycles. The molecule has 1 aromatic carbocycles. The molecule has 0 bridgehead atoms. The fourth-order valence-corrected chi connectivity index (χ4v) is 2.79. The lowest BCUT2D eigenvalue weighted by molar-refractivity contribution is -0.122. The molecule has 1 amide bonds. The lowest BCUT2D eigenvalue weighted by Crippen LogP contribution is -2.41. The number of nitrogens with one attached hydrogen (secondary N) is 2. The summed E-state index contributed by atoms with van der Waals surface area (Å²) in [5, 5.41) is 6.12. The summed E-state index contributed by atoms with van der Waals surface area (Å²) in [5.74, 6) is 1.81. The Kier molecular flexibility index (Phi) is 5.69. The van der Waals surface area contributed by atoms with Crippen LogP contribution in [0.25, 0.3) is 0 Å². The second-order valence-electron chi connectivity index (χ2n) is 4.44. The molecule has 1 aliphatic heterocycles. The Bertz CT molecular complexity index is 402. The molecule has 0 saturated carbocycles. The minimum absolute atomic E-state index is 0.0396. The zero-order valence-corrected chi connectivity index (χ0v) is 12.0. The van der Waals surface area contributed by atoms with Crippen LogP contribution in [0.4, 0.5) is 0 Å². The highest BCUT2D eigenvalue weighted by atomic mass is 32.2. The first kappa shape index (κ1) is 14.4. The summed E-state index contributed by atoms with van der Waals surface area (Å²) in [6, 6.07) is 8.11. The van der Waals surface area contributed by atoms with E-state index in [9.17, 15) is 4.79 Å². The molecule has 1 unspecified atom stereocenters. The lowest BCUT2D eigenvalue weighted by atomic mass is 10.1. The van der Waals surface area contributed by atoms with Crippen molar-refractivity contribution in [2.45, 2.75) is 26.1 Å². The van der Waals surface area contributed by atoms with Crippen LogP contribution in [0.2, 0.25) is 0 Å². The molecular formula is C14H20N2O2S. The highest BCUT2D eigenvalue weighted by Gasteiger charge is 2.21. The van der Waals surface area contributed by atoms with Gasteiger partial charge < -0.3 is 10.1 Å². The Morgan fingerprint density at radius 3 is 2.79 bits per heavy atom. The Morgan fingerprint density at radius 2 is 2.16 bits per heavy atom. The number of thioether (sulfide) groups is 1. The van der Waals surface area contributed by atoms with Gasteiger partial charge in [-0.05, 0) is 18.1 Å². The molecule has 2 rings (SSSR count). The van der Waals surface area contributed by atoms with Crippen LogP contribution in [0.3, 0.4) is 0 Å². The van der Waals surface area contributed by atoms with E-state index in [1.165, 1.54) is 0 Å². The molecule has 1 heterocycles. The average Bonchev–Trinajstić information content (AvgIpc) is 2.98. The van der Waals surface area contributed by atoms with Crippen LogP contribution in [-0.2, 0) is 22.7 Å². The number of hydrogen-bond acceptors (Lipinski definition) is 4. The smallest absolute Gasteiger partial charge is 0.238 e. The maximum Gasteiger partial charge on any atom is 0.238 e. The van der Waals surface area contributed by atoms with Crippen molar-refractivity contribution in [3.05, 3.63) is 35.4 Å². The lowest BCUT2D eigenvalue weighted by Gasteiger charge is -2.10. The van der Waals surface area contributed by atoms with E-state index in [1.54, 1.807) is 11.8 Å². The van der Waals surface area contributed by atoms with Gasteiger partial charge in [-0.3, -0.25) is 10.1 Å². The molecular weight excluding hydrogens is 260 g/mol. The van der Waals surface area contributed by atoms with Gasteiger partial charge in [0, 0.05) is 24.8 Å². The summed E-state index contributed by atoms with van der Waals surface area (Å²) in [5.41, 5.74) is 2.27. The molecule has 4 nitrogen and oxygen atoms in total. The minimum Gasteiger partial charge on any atom is -0.377 e. The van der Waals surface area contributed by atoms with E-state index in [1.807, 2.05) is 31.2 Å². The van der Waals surface area contributed by atoms with Gasteiger partial charge in [0.1, 0.15) is 0 Å². The number of carbonyl (C=O) groups is 1. The summed E-state index contributed by atoms with van der Waals surface area (Å²) in [6.07, 6.45) is 0. The van der Waals surface area contributed by atoms with E-state index < -0.39 is 0 Å². The van der Waals surface area contributed by atoms with Crippen molar-refractivity contribution in [1.29, 1.82) is 0 Å². The molecule has 1 aromatic rings. The SMILES string of the molecule is CCOCc1ccc(CNC(=O)C2CSCN2)cc1. The summed E-state index contributed by atoms with van der Waals surface area (Å²) < 4.78 is 5.34. The number of carbonyl (C=O) groups excluding carboxylic acids is 1. The number of hydrogen-bond donors (Lipinski definition) is 2. The maximum absolute atomic E-state index is 11.8. The highest BCUT2D eigenvalue weighted by Crippen LogP contribution is 2.10. The Balaban J connectivity index is 1.77. The monoisotopic (exact) mass is 280 g/mol. The molecule has 1 fully saturated rings. The van der Waals surface area contributed by atoms with Crippen LogP contribution < -0.4 is 10.6 Å². The summed E-state index contributed by atoms with van der Waals surface area (Å²) >= 11 is 1.76. The van der Waals surface area contributed by atoms with Gasteiger partial charge in [0.25, 0.3) is 0 Å². The van der Waals surface area contributed by atoms with Crippen LogP contribution in [0.5, 0.6) is 0 Å². The second-order valence-corrected chi connectivity index (χ2v) is 5.47. The van der Waals surface area contributed by atoms with E-state index in [0.717, 1.165) is 29.4 Å².